The minimum absolute atomic E-state index is 0.0482. The molecule has 0 aromatic heterocycles. The molecule has 0 aliphatic heterocycles. The number of fused-ring (bicyclic) bond motifs is 3. The fraction of sp³-hybridized carbons (Fsp3) is 0.538. The van der Waals surface area contributed by atoms with Gasteiger partial charge in [-0.2, -0.15) is 5.26 Å². The van der Waals surface area contributed by atoms with E-state index < -0.39 is 69.8 Å². The maximum Gasteiger partial charge on any atom is 0.235 e. The number of likely N-dealkylation sites (N-methyl/N-ethyl adjacent to an activating group) is 1. The van der Waals surface area contributed by atoms with E-state index in [2.05, 4.69) is 0 Å². The highest BCUT2D eigenvalue weighted by atomic mass is 16.3. The van der Waals surface area contributed by atoms with Crippen LogP contribution >= 0.6 is 0 Å². The van der Waals surface area contributed by atoms with Crippen molar-refractivity contribution in [1.29, 1.82) is 5.26 Å². The average Bonchev–Trinajstić information content (AvgIpc) is 2.78. The standard InChI is InChI=1S/C26H31N5O6/c1-5-11-7-12(6-2)17(32)14-13(11)8-24(29)9-26(30)20(31(3)4)19(34)15(23(28)37)21(35)25(26,10-27)22(36)16(24)18(14)33/h7,15-16,20,32H,5-6,8-9,29-30H2,1-4H3,(H2,28,37)/t15?,16?,20-,24-,25+,26-/m1/s1. The molecule has 196 valence electrons. The summed E-state index contributed by atoms with van der Waals surface area (Å²) in [6.07, 6.45) is 0.476. The summed E-state index contributed by atoms with van der Waals surface area (Å²) < 4.78 is 0. The Morgan fingerprint density at radius 2 is 1.73 bits per heavy atom. The van der Waals surface area contributed by atoms with Gasteiger partial charge in [-0.15, -0.1) is 0 Å². The van der Waals surface area contributed by atoms with Crippen LogP contribution in [0.5, 0.6) is 5.75 Å². The van der Waals surface area contributed by atoms with Crippen LogP contribution in [-0.2, 0) is 38.4 Å². The highest BCUT2D eigenvalue weighted by Gasteiger charge is 2.78. The van der Waals surface area contributed by atoms with Gasteiger partial charge < -0.3 is 22.3 Å². The number of phenolic OH excluding ortho intramolecular Hbond substituents is 1. The number of Topliss-reactive ketones (excluding diaryl/α,β-unsaturated/α-hetero) is 4. The van der Waals surface area contributed by atoms with Crippen molar-refractivity contribution >= 4 is 29.0 Å². The third kappa shape index (κ3) is 3.06. The second-order valence-corrected chi connectivity index (χ2v) is 10.7. The molecule has 0 heterocycles. The smallest absolute Gasteiger partial charge is 0.235 e. The van der Waals surface area contributed by atoms with Crippen molar-refractivity contribution in [2.75, 3.05) is 14.1 Å². The zero-order chi connectivity index (χ0) is 27.8. The van der Waals surface area contributed by atoms with E-state index >= 15 is 0 Å². The van der Waals surface area contributed by atoms with Gasteiger partial charge in [0.05, 0.1) is 23.2 Å². The second kappa shape index (κ2) is 8.28. The fourth-order valence-corrected chi connectivity index (χ4v) is 7.00. The summed E-state index contributed by atoms with van der Waals surface area (Å²) in [4.78, 5) is 68.9. The first-order valence-electron chi connectivity index (χ1n) is 12.2. The van der Waals surface area contributed by atoms with Gasteiger partial charge in [0.15, 0.2) is 34.5 Å². The Balaban J connectivity index is 2.05. The number of carbonyl (C=O) groups is 5. The van der Waals surface area contributed by atoms with E-state index in [9.17, 15) is 34.3 Å². The molecule has 2 saturated carbocycles. The molecule has 0 spiro atoms. The minimum Gasteiger partial charge on any atom is -0.507 e. The third-order valence-corrected chi connectivity index (χ3v) is 8.52. The molecular formula is C26H31N5O6. The van der Waals surface area contributed by atoms with Crippen LogP contribution in [0.25, 0.3) is 0 Å². The van der Waals surface area contributed by atoms with Crippen LogP contribution < -0.4 is 17.2 Å². The van der Waals surface area contributed by atoms with Crippen molar-refractivity contribution in [1.82, 2.24) is 4.90 Å². The lowest BCUT2D eigenvalue weighted by Gasteiger charge is -2.60. The molecule has 11 nitrogen and oxygen atoms in total. The van der Waals surface area contributed by atoms with Crippen LogP contribution in [-0.4, -0.2) is 70.3 Å². The Morgan fingerprint density at radius 3 is 2.22 bits per heavy atom. The van der Waals surface area contributed by atoms with Crippen LogP contribution in [0.1, 0.15) is 47.3 Å². The quantitative estimate of drug-likeness (QED) is 0.361. The van der Waals surface area contributed by atoms with Crippen LogP contribution in [0.3, 0.4) is 0 Å². The van der Waals surface area contributed by atoms with Crippen LogP contribution in [0, 0.1) is 28.6 Å². The predicted octanol–water partition coefficient (Wildman–Crippen LogP) is -1.07. The summed E-state index contributed by atoms with van der Waals surface area (Å²) in [6, 6.07) is 2.08. The number of phenols is 1. The summed E-state index contributed by atoms with van der Waals surface area (Å²) in [5.74, 6) is -9.60. The summed E-state index contributed by atoms with van der Waals surface area (Å²) in [5, 5.41) is 21.4. The number of hydrogen-bond acceptors (Lipinski definition) is 10. The lowest BCUT2D eigenvalue weighted by molar-refractivity contribution is -0.166. The third-order valence-electron chi connectivity index (χ3n) is 8.52. The number of nitrogens with zero attached hydrogens (tertiary/aromatic N) is 2. The van der Waals surface area contributed by atoms with Gasteiger partial charge in [0.25, 0.3) is 0 Å². The van der Waals surface area contributed by atoms with Gasteiger partial charge in [0.1, 0.15) is 11.7 Å². The topological polar surface area (TPSA) is 211 Å². The molecule has 1 aromatic carbocycles. The van der Waals surface area contributed by atoms with Crippen molar-refractivity contribution in [3.05, 3.63) is 28.3 Å². The van der Waals surface area contributed by atoms with Crippen molar-refractivity contribution in [3.63, 3.8) is 0 Å². The van der Waals surface area contributed by atoms with E-state index in [0.29, 0.717) is 24.0 Å². The first-order chi connectivity index (χ1) is 17.2. The summed E-state index contributed by atoms with van der Waals surface area (Å²) in [6.45, 7) is 3.69. The number of hydrogen-bond donors (Lipinski definition) is 4. The Morgan fingerprint density at radius 1 is 1.14 bits per heavy atom. The van der Waals surface area contributed by atoms with Crippen molar-refractivity contribution in [2.45, 2.75) is 56.7 Å². The number of nitrogens with two attached hydrogens (primary N) is 3. The molecule has 37 heavy (non-hydrogen) atoms. The number of primary amides is 1. The second-order valence-electron chi connectivity index (χ2n) is 10.7. The number of ketones is 4. The molecule has 11 heteroatoms. The molecule has 2 fully saturated rings. The Hall–Kier alpha value is -3.46. The number of nitriles is 1. The lowest BCUT2D eigenvalue weighted by Crippen LogP contribution is -2.85. The van der Waals surface area contributed by atoms with E-state index in [1.807, 2.05) is 13.8 Å². The number of carbonyl (C=O) groups excluding carboxylic acids is 5. The van der Waals surface area contributed by atoms with E-state index in [4.69, 9.17) is 17.2 Å². The highest BCUT2D eigenvalue weighted by Crippen LogP contribution is 2.56. The molecule has 1 aromatic rings. The largest absolute Gasteiger partial charge is 0.507 e. The van der Waals surface area contributed by atoms with Gasteiger partial charge in [-0.05, 0) is 56.5 Å². The van der Waals surface area contributed by atoms with Crippen molar-refractivity contribution < 1.29 is 29.1 Å². The predicted molar refractivity (Wildman–Crippen MR) is 130 cm³/mol. The average molecular weight is 510 g/mol. The van der Waals surface area contributed by atoms with Crippen molar-refractivity contribution in [2.24, 2.45) is 34.5 Å². The zero-order valence-corrected chi connectivity index (χ0v) is 21.3. The molecule has 4 rings (SSSR count). The minimum atomic E-state index is -2.73. The Kier molecular flexibility index (Phi) is 5.95. The molecule has 0 bridgehead atoms. The first-order valence-corrected chi connectivity index (χ1v) is 12.2. The molecule has 1 amide bonds. The lowest BCUT2D eigenvalue weighted by atomic mass is 9.42. The molecule has 6 atom stereocenters. The number of aryl methyl sites for hydroxylation is 2. The number of aromatic hydroxyl groups is 1. The summed E-state index contributed by atoms with van der Waals surface area (Å²) in [5.41, 5.74) is 14.1. The van der Waals surface area contributed by atoms with Gasteiger partial charge in [-0.3, -0.25) is 28.9 Å². The molecule has 0 saturated heterocycles. The fourth-order valence-electron chi connectivity index (χ4n) is 7.00. The molecule has 0 radical (unpaired) electrons. The number of benzene rings is 1. The summed E-state index contributed by atoms with van der Waals surface area (Å²) in [7, 11) is 2.93. The highest BCUT2D eigenvalue weighted by molar-refractivity contribution is 6.33. The van der Waals surface area contributed by atoms with Gasteiger partial charge in [-0.25, -0.2) is 0 Å². The molecule has 2 unspecified atom stereocenters. The number of amides is 1. The molecule has 7 N–H and O–H groups in total. The Bertz CT molecular complexity index is 1330. The van der Waals surface area contributed by atoms with Crippen LogP contribution in [0.4, 0.5) is 0 Å². The van der Waals surface area contributed by atoms with Crippen molar-refractivity contribution in [3.8, 4) is 11.8 Å². The van der Waals surface area contributed by atoms with Gasteiger partial charge in [-0.1, -0.05) is 19.9 Å². The molecule has 3 aliphatic carbocycles. The van der Waals surface area contributed by atoms with E-state index in [1.54, 1.807) is 12.1 Å². The Labute approximate surface area is 213 Å². The first kappa shape index (κ1) is 26.6. The maximum atomic E-state index is 14.3. The van der Waals surface area contributed by atoms with Gasteiger partial charge in [0, 0.05) is 5.54 Å². The van der Waals surface area contributed by atoms with E-state index in [-0.39, 0.29) is 17.7 Å². The van der Waals surface area contributed by atoms with Crippen LogP contribution in [0.2, 0.25) is 0 Å². The van der Waals surface area contributed by atoms with E-state index in [1.165, 1.54) is 19.0 Å². The van der Waals surface area contributed by atoms with Gasteiger partial charge in [0.2, 0.25) is 5.91 Å². The maximum absolute atomic E-state index is 14.3. The SMILES string of the molecule is CCc1cc(CC)c2c(c1O)C(=O)C1C(=O)[C@]3(C#N)C(=O)C(C(N)=O)C(=O)[C@@H](N(C)C)[C@]3(N)C[C@]1(N)C2. The normalized spacial score (nSPS) is 35.0. The monoisotopic (exact) mass is 509 g/mol. The zero-order valence-electron chi connectivity index (χ0n) is 21.3. The van der Waals surface area contributed by atoms with Gasteiger partial charge >= 0.3 is 0 Å². The summed E-state index contributed by atoms with van der Waals surface area (Å²) >= 11 is 0. The van der Waals surface area contributed by atoms with Crippen LogP contribution in [0.15, 0.2) is 6.07 Å². The molecular weight excluding hydrogens is 478 g/mol. The number of rotatable bonds is 4. The molecule has 3 aliphatic rings. The van der Waals surface area contributed by atoms with E-state index in [0.717, 1.165) is 5.56 Å².